The van der Waals surface area contributed by atoms with Gasteiger partial charge in [-0.2, -0.15) is 0 Å². The van der Waals surface area contributed by atoms with Crippen LogP contribution in [0.2, 0.25) is 10.0 Å². The molecule has 0 N–H and O–H groups in total. The first-order valence-electron chi connectivity index (χ1n) is 5.13. The summed E-state index contributed by atoms with van der Waals surface area (Å²) in [5.41, 5.74) is 1.10. The van der Waals surface area contributed by atoms with E-state index in [2.05, 4.69) is 31.8 Å². The van der Waals surface area contributed by atoms with E-state index < -0.39 is 0 Å². The Hall–Kier alpha value is -0.790. The monoisotopic (exact) mass is 253 g/mol. The highest BCUT2D eigenvalue weighted by Gasteiger charge is 2.15. The van der Waals surface area contributed by atoms with E-state index in [-0.39, 0.29) is 5.41 Å². The van der Waals surface area contributed by atoms with Gasteiger partial charge in [0.05, 0.1) is 10.0 Å². The Morgan fingerprint density at radius 1 is 0.938 bits per heavy atom. The third kappa shape index (κ3) is 2.16. The first-order valence-corrected chi connectivity index (χ1v) is 5.89. The van der Waals surface area contributed by atoms with Crippen molar-refractivity contribution in [3.05, 3.63) is 40.1 Å². The molecule has 0 radical (unpaired) electrons. The van der Waals surface area contributed by atoms with E-state index in [9.17, 15) is 0 Å². The molecule has 0 aliphatic rings. The fraction of sp³-hybridized carbons (Fsp3) is 0.308. The van der Waals surface area contributed by atoms with E-state index >= 15 is 0 Å². The van der Waals surface area contributed by atoms with Crippen LogP contribution in [0.1, 0.15) is 26.5 Å². The van der Waals surface area contributed by atoms with Crippen LogP contribution in [0.3, 0.4) is 0 Å². The van der Waals surface area contributed by atoms with Gasteiger partial charge in [0.1, 0.15) is 0 Å². The second-order valence-electron chi connectivity index (χ2n) is 4.93. The van der Waals surface area contributed by atoms with Crippen LogP contribution < -0.4 is 0 Å². The van der Waals surface area contributed by atoms with Gasteiger partial charge in [0.25, 0.3) is 0 Å². The van der Waals surface area contributed by atoms with Gasteiger partial charge >= 0.3 is 0 Å². The van der Waals surface area contributed by atoms with E-state index in [1.165, 1.54) is 0 Å². The van der Waals surface area contributed by atoms with Gasteiger partial charge < -0.3 is 0 Å². The van der Waals surface area contributed by atoms with Crippen molar-refractivity contribution in [1.29, 1.82) is 0 Å². The van der Waals surface area contributed by atoms with Gasteiger partial charge in [0, 0.05) is 22.7 Å². The quantitative estimate of drug-likeness (QED) is 0.655. The maximum Gasteiger partial charge on any atom is 0.0599 e. The van der Waals surface area contributed by atoms with Gasteiger partial charge in [0.2, 0.25) is 0 Å². The van der Waals surface area contributed by atoms with Crippen LogP contribution in [0.15, 0.2) is 24.4 Å². The van der Waals surface area contributed by atoms with Crippen LogP contribution in [0.4, 0.5) is 0 Å². The molecule has 16 heavy (non-hydrogen) atoms. The second-order valence-corrected chi connectivity index (χ2v) is 5.75. The van der Waals surface area contributed by atoms with E-state index in [0.29, 0.717) is 10.0 Å². The minimum Gasteiger partial charge on any atom is -0.260 e. The predicted molar refractivity (Wildman–Crippen MR) is 70.5 cm³/mol. The van der Waals surface area contributed by atoms with Crippen LogP contribution in [-0.4, -0.2) is 4.98 Å². The second kappa shape index (κ2) is 3.90. The zero-order valence-electron chi connectivity index (χ0n) is 9.51. The largest absolute Gasteiger partial charge is 0.260 e. The molecule has 0 spiro atoms. The van der Waals surface area contributed by atoms with Crippen LogP contribution in [0.5, 0.6) is 0 Å². The molecule has 0 atom stereocenters. The lowest BCUT2D eigenvalue weighted by molar-refractivity contribution is 0.570. The number of fused-ring (bicyclic) bond motifs is 1. The van der Waals surface area contributed by atoms with Crippen molar-refractivity contribution in [2.24, 2.45) is 0 Å². The third-order valence-corrected chi connectivity index (χ3v) is 3.25. The molecule has 0 amide bonds. The number of nitrogens with zero attached hydrogens (tertiary/aromatic N) is 1. The number of hydrogen-bond acceptors (Lipinski definition) is 1. The van der Waals surface area contributed by atoms with Gasteiger partial charge in [-0.05, 0) is 23.6 Å². The molecule has 0 aliphatic heterocycles. The Labute approximate surface area is 105 Å². The molecule has 0 unspecified atom stereocenters. The van der Waals surface area contributed by atoms with Crippen molar-refractivity contribution in [3.63, 3.8) is 0 Å². The first-order chi connectivity index (χ1) is 7.38. The summed E-state index contributed by atoms with van der Waals surface area (Å²) in [5, 5.41) is 3.25. The molecule has 0 aliphatic carbocycles. The smallest absolute Gasteiger partial charge is 0.0599 e. The number of aromatic nitrogens is 1. The van der Waals surface area contributed by atoms with Crippen molar-refractivity contribution in [2.45, 2.75) is 26.2 Å². The average molecular weight is 254 g/mol. The fourth-order valence-corrected chi connectivity index (χ4v) is 1.89. The molecule has 0 saturated carbocycles. The lowest BCUT2D eigenvalue weighted by Gasteiger charge is -2.18. The van der Waals surface area contributed by atoms with E-state index in [1.54, 1.807) is 0 Å². The van der Waals surface area contributed by atoms with Gasteiger partial charge in [-0.25, -0.2) is 0 Å². The molecule has 3 heteroatoms. The standard InChI is InChI=1S/C13H13Cl2N/c1-13(2,3)12-6-8-4-10(14)11(15)5-9(8)7-16-12/h4-7H,1-3H3. The Morgan fingerprint density at radius 3 is 2.06 bits per heavy atom. The van der Waals surface area contributed by atoms with Crippen LogP contribution in [-0.2, 0) is 5.41 Å². The summed E-state index contributed by atoms with van der Waals surface area (Å²) in [6.07, 6.45) is 1.85. The maximum atomic E-state index is 6.00. The maximum absolute atomic E-state index is 6.00. The molecule has 0 fully saturated rings. The van der Waals surface area contributed by atoms with Gasteiger partial charge in [-0.3, -0.25) is 4.98 Å². The highest BCUT2D eigenvalue weighted by Crippen LogP contribution is 2.30. The van der Waals surface area contributed by atoms with Crippen molar-refractivity contribution < 1.29 is 0 Å². The van der Waals surface area contributed by atoms with Crippen molar-refractivity contribution in [2.75, 3.05) is 0 Å². The van der Waals surface area contributed by atoms with Crippen LogP contribution in [0, 0.1) is 0 Å². The molecule has 84 valence electrons. The summed E-state index contributed by atoms with van der Waals surface area (Å²) in [6, 6.07) is 5.80. The predicted octanol–water partition coefficient (Wildman–Crippen LogP) is 4.84. The number of pyridine rings is 1. The fourth-order valence-electron chi connectivity index (χ4n) is 1.55. The summed E-state index contributed by atoms with van der Waals surface area (Å²) in [5.74, 6) is 0. The Balaban J connectivity index is 2.67. The first kappa shape index (κ1) is 11.7. The zero-order chi connectivity index (χ0) is 11.9. The molecule has 0 saturated heterocycles. The van der Waals surface area contributed by atoms with E-state index in [1.807, 2.05) is 18.3 Å². The Bertz CT molecular complexity index is 541. The number of rotatable bonds is 0. The van der Waals surface area contributed by atoms with Crippen molar-refractivity contribution in [3.8, 4) is 0 Å². The summed E-state index contributed by atoms with van der Waals surface area (Å²) >= 11 is 12.0. The molecular formula is C13H13Cl2N. The topological polar surface area (TPSA) is 12.9 Å². The van der Waals surface area contributed by atoms with Crippen molar-refractivity contribution in [1.82, 2.24) is 4.98 Å². The summed E-state index contributed by atoms with van der Waals surface area (Å²) in [6.45, 7) is 6.41. The lowest BCUT2D eigenvalue weighted by atomic mass is 9.91. The summed E-state index contributed by atoms with van der Waals surface area (Å²) in [7, 11) is 0. The van der Waals surface area contributed by atoms with Crippen LogP contribution >= 0.6 is 23.2 Å². The van der Waals surface area contributed by atoms with Gasteiger partial charge in [-0.1, -0.05) is 44.0 Å². The highest BCUT2D eigenvalue weighted by molar-refractivity contribution is 6.42. The minimum atomic E-state index is 0.0420. The molecule has 0 bridgehead atoms. The van der Waals surface area contributed by atoms with E-state index in [4.69, 9.17) is 23.2 Å². The lowest BCUT2D eigenvalue weighted by Crippen LogP contribution is -2.12. The summed E-state index contributed by atoms with van der Waals surface area (Å²) in [4.78, 5) is 4.45. The summed E-state index contributed by atoms with van der Waals surface area (Å²) < 4.78 is 0. The molecule has 1 heterocycles. The highest BCUT2D eigenvalue weighted by atomic mass is 35.5. The minimum absolute atomic E-state index is 0.0420. The van der Waals surface area contributed by atoms with Crippen LogP contribution in [0.25, 0.3) is 10.8 Å². The molecule has 1 aromatic carbocycles. The Kier molecular flexibility index (Phi) is 2.85. The zero-order valence-corrected chi connectivity index (χ0v) is 11.0. The molecule has 2 rings (SSSR count). The normalized spacial score (nSPS) is 12.1. The van der Waals surface area contributed by atoms with E-state index in [0.717, 1.165) is 16.5 Å². The van der Waals surface area contributed by atoms with Crippen molar-refractivity contribution >= 4 is 34.0 Å². The molecule has 1 nitrogen and oxygen atoms in total. The average Bonchev–Trinajstić information content (AvgIpc) is 2.17. The molecule has 2 aromatic rings. The third-order valence-electron chi connectivity index (χ3n) is 2.53. The molecule has 1 aromatic heterocycles. The Morgan fingerprint density at radius 2 is 1.50 bits per heavy atom. The SMILES string of the molecule is CC(C)(C)c1cc2cc(Cl)c(Cl)cc2cn1. The number of hydrogen-bond donors (Lipinski definition) is 0. The van der Waals surface area contributed by atoms with Gasteiger partial charge in [-0.15, -0.1) is 0 Å². The number of benzene rings is 1. The number of halogens is 2. The molecular weight excluding hydrogens is 241 g/mol. The van der Waals surface area contributed by atoms with Gasteiger partial charge in [0.15, 0.2) is 0 Å².